The van der Waals surface area contributed by atoms with Crippen LogP contribution in [0.3, 0.4) is 0 Å². The molecule has 4 rings (SSSR count). The zero-order valence-electron chi connectivity index (χ0n) is 15.5. The van der Waals surface area contributed by atoms with Crippen molar-refractivity contribution in [3.05, 3.63) is 101 Å². The minimum Gasteiger partial charge on any atom is -0.507 e. The summed E-state index contributed by atoms with van der Waals surface area (Å²) in [6.45, 7) is 1.91. The molecule has 0 radical (unpaired) electrons. The Hall–Kier alpha value is -3.80. The second-order valence-electron chi connectivity index (χ2n) is 6.80. The Morgan fingerprint density at radius 2 is 1.83 bits per heavy atom. The number of aliphatic hydroxyl groups is 1. The molecule has 1 amide bonds. The number of rotatable bonds is 3. The summed E-state index contributed by atoms with van der Waals surface area (Å²) < 4.78 is 13.8. The van der Waals surface area contributed by atoms with Gasteiger partial charge in [0.15, 0.2) is 0 Å². The van der Waals surface area contributed by atoms with Crippen molar-refractivity contribution >= 4 is 23.1 Å². The van der Waals surface area contributed by atoms with E-state index in [1.165, 1.54) is 29.3 Å². The van der Waals surface area contributed by atoms with Gasteiger partial charge in [-0.25, -0.2) is 4.39 Å². The van der Waals surface area contributed by atoms with Crippen LogP contribution >= 0.6 is 0 Å². The van der Waals surface area contributed by atoms with Crippen LogP contribution in [0, 0.1) is 12.7 Å². The van der Waals surface area contributed by atoms with Crippen molar-refractivity contribution in [3.8, 4) is 0 Å². The van der Waals surface area contributed by atoms with Crippen molar-refractivity contribution in [1.82, 2.24) is 4.98 Å². The van der Waals surface area contributed by atoms with E-state index in [1.54, 1.807) is 48.7 Å². The van der Waals surface area contributed by atoms with Crippen molar-refractivity contribution in [1.29, 1.82) is 0 Å². The number of Topliss-reactive ketones (excluding diaryl/α,β-unsaturated/α-hetero) is 1. The molecule has 3 aromatic rings. The molecule has 1 aromatic heterocycles. The molecule has 0 aliphatic carbocycles. The van der Waals surface area contributed by atoms with Gasteiger partial charge in [-0.15, -0.1) is 0 Å². The predicted octanol–water partition coefficient (Wildman–Crippen LogP) is 4.16. The smallest absolute Gasteiger partial charge is 0.300 e. The van der Waals surface area contributed by atoms with Crippen LogP contribution in [-0.4, -0.2) is 21.8 Å². The topological polar surface area (TPSA) is 70.5 Å². The molecule has 29 heavy (non-hydrogen) atoms. The summed E-state index contributed by atoms with van der Waals surface area (Å²) >= 11 is 0. The number of ketones is 1. The zero-order chi connectivity index (χ0) is 20.5. The Kier molecular flexibility index (Phi) is 4.68. The van der Waals surface area contributed by atoms with Gasteiger partial charge in [-0.2, -0.15) is 0 Å². The van der Waals surface area contributed by atoms with Crippen LogP contribution in [0.1, 0.15) is 22.7 Å². The zero-order valence-corrected chi connectivity index (χ0v) is 15.5. The van der Waals surface area contributed by atoms with Crippen LogP contribution in [0.2, 0.25) is 0 Å². The SMILES string of the molecule is Cc1ccc(/C(O)=C2\C(=O)C(=O)N(c3cccc(F)c3)C2c2cccnc2)cc1. The van der Waals surface area contributed by atoms with Gasteiger partial charge in [0.05, 0.1) is 11.6 Å². The molecule has 144 valence electrons. The Morgan fingerprint density at radius 1 is 1.07 bits per heavy atom. The summed E-state index contributed by atoms with van der Waals surface area (Å²) in [5, 5.41) is 10.9. The third-order valence-corrected chi connectivity index (χ3v) is 4.86. The molecule has 1 aliphatic heterocycles. The highest BCUT2D eigenvalue weighted by Gasteiger charge is 2.47. The number of carbonyl (C=O) groups is 2. The van der Waals surface area contributed by atoms with Crippen molar-refractivity contribution in [2.75, 3.05) is 4.90 Å². The molecule has 1 N–H and O–H groups in total. The van der Waals surface area contributed by atoms with Crippen LogP contribution in [0.5, 0.6) is 0 Å². The lowest BCUT2D eigenvalue weighted by atomic mass is 9.96. The van der Waals surface area contributed by atoms with Gasteiger partial charge in [-0.1, -0.05) is 42.0 Å². The number of pyridine rings is 1. The van der Waals surface area contributed by atoms with Crippen LogP contribution < -0.4 is 4.90 Å². The molecule has 5 nitrogen and oxygen atoms in total. The minimum atomic E-state index is -0.924. The van der Waals surface area contributed by atoms with E-state index < -0.39 is 23.5 Å². The van der Waals surface area contributed by atoms with E-state index in [4.69, 9.17) is 0 Å². The number of aliphatic hydroxyl groups excluding tert-OH is 1. The van der Waals surface area contributed by atoms with E-state index in [9.17, 15) is 19.1 Å². The molecule has 0 saturated carbocycles. The Labute approximate surface area is 166 Å². The van der Waals surface area contributed by atoms with Gasteiger partial charge in [-0.05, 0) is 36.8 Å². The number of benzene rings is 2. The van der Waals surface area contributed by atoms with Crippen LogP contribution in [-0.2, 0) is 9.59 Å². The number of amides is 1. The van der Waals surface area contributed by atoms with E-state index in [0.29, 0.717) is 11.1 Å². The molecule has 1 saturated heterocycles. The maximum absolute atomic E-state index is 13.8. The number of anilines is 1. The Morgan fingerprint density at radius 3 is 2.48 bits per heavy atom. The normalized spacial score (nSPS) is 18.3. The lowest BCUT2D eigenvalue weighted by Crippen LogP contribution is -2.29. The highest BCUT2D eigenvalue weighted by atomic mass is 19.1. The van der Waals surface area contributed by atoms with Crippen molar-refractivity contribution in [3.63, 3.8) is 0 Å². The molecule has 2 heterocycles. The van der Waals surface area contributed by atoms with Gasteiger partial charge in [0.2, 0.25) is 0 Å². The average molecular weight is 388 g/mol. The standard InChI is InChI=1S/C23H17FN2O3/c1-14-7-9-15(10-8-14)21(27)19-20(16-4-3-11-25-13-16)26(23(29)22(19)28)18-6-2-5-17(24)12-18/h2-13,20,27H,1H3/b21-19+. The van der Waals surface area contributed by atoms with Gasteiger partial charge in [-0.3, -0.25) is 19.5 Å². The molecule has 1 aliphatic rings. The quantitative estimate of drug-likeness (QED) is 0.416. The summed E-state index contributed by atoms with van der Waals surface area (Å²) in [6.07, 6.45) is 3.09. The lowest BCUT2D eigenvalue weighted by molar-refractivity contribution is -0.132. The molecule has 6 heteroatoms. The van der Waals surface area contributed by atoms with Crippen molar-refractivity contribution < 1.29 is 19.1 Å². The van der Waals surface area contributed by atoms with Gasteiger partial charge in [0, 0.05) is 23.6 Å². The molecule has 1 fully saturated rings. The highest BCUT2D eigenvalue weighted by Crippen LogP contribution is 2.41. The average Bonchev–Trinajstić information content (AvgIpc) is 2.99. The van der Waals surface area contributed by atoms with Crippen LogP contribution in [0.15, 0.2) is 78.6 Å². The fourth-order valence-electron chi connectivity index (χ4n) is 3.44. The summed E-state index contributed by atoms with van der Waals surface area (Å²) in [7, 11) is 0. The number of carbonyl (C=O) groups excluding carboxylic acids is 2. The first-order valence-corrected chi connectivity index (χ1v) is 9.01. The fourth-order valence-corrected chi connectivity index (χ4v) is 3.44. The third kappa shape index (κ3) is 3.29. The highest BCUT2D eigenvalue weighted by molar-refractivity contribution is 6.51. The van der Waals surface area contributed by atoms with Gasteiger partial charge >= 0.3 is 0 Å². The minimum absolute atomic E-state index is 0.0592. The largest absolute Gasteiger partial charge is 0.507 e. The first-order chi connectivity index (χ1) is 14.0. The summed E-state index contributed by atoms with van der Waals surface area (Å²) in [5.74, 6) is -2.48. The number of aryl methyl sites for hydroxylation is 1. The lowest BCUT2D eigenvalue weighted by Gasteiger charge is -2.25. The molecule has 1 unspecified atom stereocenters. The van der Waals surface area contributed by atoms with E-state index in [2.05, 4.69) is 4.98 Å². The summed E-state index contributed by atoms with van der Waals surface area (Å²) in [5.41, 5.74) is 2.11. The van der Waals surface area contributed by atoms with Gasteiger partial charge in [0.1, 0.15) is 11.6 Å². The second kappa shape index (κ2) is 7.31. The number of nitrogens with zero attached hydrogens (tertiary/aromatic N) is 2. The van der Waals surface area contributed by atoms with Crippen LogP contribution in [0.25, 0.3) is 5.76 Å². The second-order valence-corrected chi connectivity index (χ2v) is 6.80. The van der Waals surface area contributed by atoms with Gasteiger partial charge in [0.25, 0.3) is 11.7 Å². The van der Waals surface area contributed by atoms with Crippen molar-refractivity contribution in [2.24, 2.45) is 0 Å². The summed E-state index contributed by atoms with van der Waals surface area (Å²) in [4.78, 5) is 31.1. The number of halogens is 1. The van der Waals surface area contributed by atoms with E-state index in [1.807, 2.05) is 6.92 Å². The molecular weight excluding hydrogens is 371 g/mol. The maximum atomic E-state index is 13.8. The summed E-state index contributed by atoms with van der Waals surface area (Å²) in [6, 6.07) is 14.9. The maximum Gasteiger partial charge on any atom is 0.300 e. The van der Waals surface area contributed by atoms with E-state index in [0.717, 1.165) is 5.56 Å². The van der Waals surface area contributed by atoms with E-state index >= 15 is 0 Å². The first-order valence-electron chi connectivity index (χ1n) is 9.01. The monoisotopic (exact) mass is 388 g/mol. The number of hydrogen-bond donors (Lipinski definition) is 1. The Bertz CT molecular complexity index is 1120. The first kappa shape index (κ1) is 18.6. The molecule has 0 spiro atoms. The van der Waals surface area contributed by atoms with Crippen molar-refractivity contribution in [2.45, 2.75) is 13.0 Å². The molecule has 0 bridgehead atoms. The van der Waals surface area contributed by atoms with E-state index in [-0.39, 0.29) is 17.0 Å². The predicted molar refractivity (Wildman–Crippen MR) is 107 cm³/mol. The fraction of sp³-hybridized carbons (Fsp3) is 0.0870. The molecule has 1 atom stereocenters. The molecular formula is C23H17FN2O3. The number of hydrogen-bond acceptors (Lipinski definition) is 4. The molecule has 2 aromatic carbocycles. The van der Waals surface area contributed by atoms with Crippen LogP contribution in [0.4, 0.5) is 10.1 Å². The number of aromatic nitrogens is 1. The Balaban J connectivity index is 1.94. The van der Waals surface area contributed by atoms with Gasteiger partial charge < -0.3 is 5.11 Å². The third-order valence-electron chi connectivity index (χ3n) is 4.86.